The molecule has 0 amide bonds. The largest absolute Gasteiger partial charge is 1.00 e. The van der Waals surface area contributed by atoms with E-state index in [0.717, 1.165) is 5.39 Å². The van der Waals surface area contributed by atoms with Crippen LogP contribution in [0.3, 0.4) is 0 Å². The van der Waals surface area contributed by atoms with E-state index in [4.69, 9.17) is 4.42 Å². The molecule has 2 rings (SSSR count). The molecule has 1 aromatic heterocycles. The van der Waals surface area contributed by atoms with E-state index in [-0.39, 0.29) is 24.0 Å². The maximum absolute atomic E-state index is 4.99. The van der Waals surface area contributed by atoms with Gasteiger partial charge in [0.1, 0.15) is 0 Å². The Kier molecular flexibility index (Phi) is 2.82. The fraction of sp³-hybridized carbons (Fsp3) is 0. The zero-order valence-corrected chi connectivity index (χ0v) is 7.99. The van der Waals surface area contributed by atoms with Crippen molar-refractivity contribution >= 4 is 10.8 Å². The Bertz CT molecular complexity index is 281. The van der Waals surface area contributed by atoms with Crippen LogP contribution < -0.4 is 24.0 Å². The Morgan fingerprint density at radius 1 is 0.909 bits per heavy atom. The number of hydrogen-bond acceptors (Lipinski definition) is 0. The predicted molar refractivity (Wildman–Crippen MR) is 40.6 cm³/mol. The van der Waals surface area contributed by atoms with Crippen molar-refractivity contribution in [3.05, 3.63) is 42.9 Å². The lowest BCUT2D eigenvalue weighted by Crippen LogP contribution is -3.00. The Labute approximate surface area is 82.1 Å². The first kappa shape index (κ1) is 8.46. The van der Waals surface area contributed by atoms with Crippen molar-refractivity contribution in [2.24, 2.45) is 0 Å². The molecule has 0 bridgehead atoms. The number of hydrogen-bond donors (Lipinski definition) is 0. The smallest absolute Gasteiger partial charge is 0.325 e. The summed E-state index contributed by atoms with van der Waals surface area (Å²) < 4.78 is 4.99. The quantitative estimate of drug-likeness (QED) is 0.467. The lowest BCUT2D eigenvalue weighted by Gasteiger charge is -1.85. The van der Waals surface area contributed by atoms with Crippen LogP contribution in [0.5, 0.6) is 0 Å². The van der Waals surface area contributed by atoms with Crippen LogP contribution >= 0.6 is 0 Å². The standard InChI is InChI=1S/C9H7O.HI/c1-2-4-9-7-10-6-5-8(9)3-1;/h1-7H;1H/q+1;/p-1. The normalized spacial score (nSPS) is 9.09. The lowest BCUT2D eigenvalue weighted by molar-refractivity contribution is -0.00000230. The summed E-state index contributed by atoms with van der Waals surface area (Å²) in [6.07, 6.45) is 3.43. The Hall–Kier alpha value is -0.640. The van der Waals surface area contributed by atoms with Crippen LogP contribution in [0.2, 0.25) is 0 Å². The molecule has 0 N–H and O–H groups in total. The molecule has 0 aliphatic heterocycles. The molecule has 0 aliphatic rings. The first-order valence-electron chi connectivity index (χ1n) is 3.21. The molecule has 1 nitrogen and oxygen atoms in total. The molecule has 1 aromatic carbocycles. The third-order valence-electron chi connectivity index (χ3n) is 1.52. The van der Waals surface area contributed by atoms with Gasteiger partial charge in [0.05, 0.1) is 5.39 Å². The van der Waals surface area contributed by atoms with Gasteiger partial charge in [0.15, 0.2) is 0 Å². The molecule has 2 heteroatoms. The minimum Gasteiger partial charge on any atom is -1.00 e. The maximum atomic E-state index is 4.99. The molecule has 0 fully saturated rings. The first-order chi connectivity index (χ1) is 4.97. The Morgan fingerprint density at radius 2 is 1.64 bits per heavy atom. The Morgan fingerprint density at radius 3 is 2.36 bits per heavy atom. The second-order valence-electron chi connectivity index (χ2n) is 2.19. The van der Waals surface area contributed by atoms with Crippen molar-refractivity contribution in [1.29, 1.82) is 0 Å². The highest BCUT2D eigenvalue weighted by atomic mass is 127. The van der Waals surface area contributed by atoms with E-state index in [0.29, 0.717) is 0 Å². The van der Waals surface area contributed by atoms with Gasteiger partial charge in [-0.3, -0.25) is 0 Å². The highest BCUT2D eigenvalue weighted by Crippen LogP contribution is 2.11. The molecule has 56 valence electrons. The summed E-state index contributed by atoms with van der Waals surface area (Å²) in [5.41, 5.74) is 0. The molecular weight excluding hydrogens is 251 g/mol. The molecular formula is C9H7IO. The molecule has 1 heterocycles. The third-order valence-corrected chi connectivity index (χ3v) is 1.52. The van der Waals surface area contributed by atoms with Crippen LogP contribution in [0.15, 0.2) is 47.3 Å². The van der Waals surface area contributed by atoms with Gasteiger partial charge in [-0.1, -0.05) is 18.2 Å². The summed E-state index contributed by atoms with van der Waals surface area (Å²) >= 11 is 0. The van der Waals surface area contributed by atoms with Gasteiger partial charge in [-0.15, -0.1) is 0 Å². The molecule has 2 aromatic rings. The molecule has 0 saturated heterocycles. The fourth-order valence-electron chi connectivity index (χ4n) is 0.995. The summed E-state index contributed by atoms with van der Waals surface area (Å²) in [5, 5.41) is 2.36. The minimum atomic E-state index is 0. The number of fused-ring (bicyclic) bond motifs is 1. The van der Waals surface area contributed by atoms with Crippen molar-refractivity contribution in [1.82, 2.24) is 0 Å². The monoisotopic (exact) mass is 258 g/mol. The van der Waals surface area contributed by atoms with Crippen LogP contribution in [0.1, 0.15) is 0 Å². The maximum Gasteiger partial charge on any atom is 0.325 e. The van der Waals surface area contributed by atoms with Gasteiger partial charge in [-0.25, -0.2) is 4.42 Å². The van der Waals surface area contributed by atoms with E-state index in [1.165, 1.54) is 5.39 Å². The van der Waals surface area contributed by atoms with Gasteiger partial charge >= 0.3 is 12.5 Å². The van der Waals surface area contributed by atoms with Crippen molar-refractivity contribution < 1.29 is 28.4 Å². The van der Waals surface area contributed by atoms with Crippen LogP contribution in [0.4, 0.5) is 0 Å². The molecule has 0 spiro atoms. The van der Waals surface area contributed by atoms with Crippen molar-refractivity contribution in [2.45, 2.75) is 0 Å². The SMILES string of the molecule is [I-].c1ccc2c[o+]ccc2c1. The number of rotatable bonds is 0. The molecule has 11 heavy (non-hydrogen) atoms. The fourth-order valence-corrected chi connectivity index (χ4v) is 0.995. The molecule has 0 radical (unpaired) electrons. The topological polar surface area (TPSA) is 11.3 Å². The average Bonchev–Trinajstić information content (AvgIpc) is 2.05. The lowest BCUT2D eigenvalue weighted by atomic mass is 10.2. The second-order valence-corrected chi connectivity index (χ2v) is 2.19. The van der Waals surface area contributed by atoms with Crippen molar-refractivity contribution in [3.8, 4) is 0 Å². The molecule has 0 atom stereocenters. The highest BCUT2D eigenvalue weighted by molar-refractivity contribution is 5.80. The van der Waals surface area contributed by atoms with Gasteiger partial charge in [-0.2, -0.15) is 0 Å². The minimum absolute atomic E-state index is 0. The van der Waals surface area contributed by atoms with E-state index < -0.39 is 0 Å². The average molecular weight is 258 g/mol. The van der Waals surface area contributed by atoms with Gasteiger partial charge in [0.25, 0.3) is 0 Å². The first-order valence-corrected chi connectivity index (χ1v) is 3.21. The Balaban J connectivity index is 0.000000605. The summed E-state index contributed by atoms with van der Waals surface area (Å²) in [4.78, 5) is 0. The van der Waals surface area contributed by atoms with Gasteiger partial charge < -0.3 is 24.0 Å². The van der Waals surface area contributed by atoms with Crippen LogP contribution in [-0.4, -0.2) is 0 Å². The van der Waals surface area contributed by atoms with Crippen molar-refractivity contribution in [3.63, 3.8) is 0 Å². The van der Waals surface area contributed by atoms with E-state index in [9.17, 15) is 0 Å². The van der Waals surface area contributed by atoms with Gasteiger partial charge in [0.2, 0.25) is 0 Å². The van der Waals surface area contributed by atoms with Crippen LogP contribution in [0, 0.1) is 0 Å². The van der Waals surface area contributed by atoms with E-state index >= 15 is 0 Å². The third kappa shape index (κ3) is 1.68. The number of halogens is 1. The molecule has 0 unspecified atom stereocenters. The van der Waals surface area contributed by atoms with E-state index in [1.54, 1.807) is 12.5 Å². The summed E-state index contributed by atoms with van der Waals surface area (Å²) in [6.45, 7) is 0. The summed E-state index contributed by atoms with van der Waals surface area (Å²) in [7, 11) is 0. The second kappa shape index (κ2) is 3.67. The van der Waals surface area contributed by atoms with Gasteiger partial charge in [-0.05, 0) is 11.5 Å². The van der Waals surface area contributed by atoms with Crippen LogP contribution in [0.25, 0.3) is 10.8 Å². The zero-order chi connectivity index (χ0) is 6.81. The van der Waals surface area contributed by atoms with Gasteiger partial charge in [0, 0.05) is 6.07 Å². The zero-order valence-electron chi connectivity index (χ0n) is 5.83. The van der Waals surface area contributed by atoms with E-state index in [2.05, 4.69) is 6.07 Å². The highest BCUT2D eigenvalue weighted by Gasteiger charge is 1.94. The molecule has 0 saturated carbocycles. The van der Waals surface area contributed by atoms with Crippen LogP contribution in [-0.2, 0) is 0 Å². The molecule has 0 aliphatic carbocycles. The van der Waals surface area contributed by atoms with E-state index in [1.807, 2.05) is 24.3 Å². The van der Waals surface area contributed by atoms with Crippen molar-refractivity contribution in [2.75, 3.05) is 0 Å². The summed E-state index contributed by atoms with van der Waals surface area (Å²) in [5.74, 6) is 0. The predicted octanol–water partition coefficient (Wildman–Crippen LogP) is -0.282. The number of benzene rings is 1. The summed E-state index contributed by atoms with van der Waals surface area (Å²) in [6, 6.07) is 10.1.